The van der Waals surface area contributed by atoms with Gasteiger partial charge in [0.1, 0.15) is 0 Å². The van der Waals surface area contributed by atoms with Gasteiger partial charge in [-0.05, 0) is 36.2 Å². The zero-order valence-corrected chi connectivity index (χ0v) is 14.0. The van der Waals surface area contributed by atoms with Crippen molar-refractivity contribution in [2.24, 2.45) is 0 Å². The smallest absolute Gasteiger partial charge is 0.0995 e. The van der Waals surface area contributed by atoms with Crippen molar-refractivity contribution in [2.75, 3.05) is 26.3 Å². The molecule has 1 aliphatic rings. The Balaban J connectivity index is 1.66. The van der Waals surface area contributed by atoms with Crippen LogP contribution >= 0.6 is 11.3 Å². The fraction of sp³-hybridized carbons (Fsp3) is 0.333. The van der Waals surface area contributed by atoms with E-state index in [1.807, 2.05) is 10.9 Å². The van der Waals surface area contributed by atoms with Gasteiger partial charge in [-0.15, -0.1) is 11.3 Å². The van der Waals surface area contributed by atoms with Crippen molar-refractivity contribution in [1.82, 2.24) is 14.9 Å². The van der Waals surface area contributed by atoms with Crippen LogP contribution in [-0.2, 0) is 11.3 Å². The molecule has 1 aromatic carbocycles. The van der Waals surface area contributed by atoms with Gasteiger partial charge in [-0.1, -0.05) is 6.07 Å². The average molecular weight is 325 g/mol. The third-order valence-corrected chi connectivity index (χ3v) is 4.87. The van der Waals surface area contributed by atoms with E-state index >= 15 is 0 Å². The molecule has 0 saturated carbocycles. The Morgan fingerprint density at radius 3 is 2.83 bits per heavy atom. The van der Waals surface area contributed by atoms with Crippen molar-refractivity contribution < 1.29 is 4.74 Å². The fourth-order valence-electron chi connectivity index (χ4n) is 3.03. The quantitative estimate of drug-likeness (QED) is 0.739. The van der Waals surface area contributed by atoms with Crippen LogP contribution in [0.3, 0.4) is 0 Å². The minimum absolute atomic E-state index is 0.838. The number of aryl methyl sites for hydroxylation is 1. The van der Waals surface area contributed by atoms with Crippen LogP contribution in [-0.4, -0.2) is 41.2 Å². The highest BCUT2D eigenvalue weighted by Gasteiger charge is 2.12. The molecule has 0 aliphatic carbocycles. The Hall–Kier alpha value is -1.82. The first-order valence-corrected chi connectivity index (χ1v) is 8.83. The zero-order valence-electron chi connectivity index (χ0n) is 13.2. The third kappa shape index (κ3) is 3.13. The number of rotatable bonds is 3. The molecule has 118 valence electrons. The minimum Gasteiger partial charge on any atom is -0.379 e. The molecule has 0 bridgehead atoms. The van der Waals surface area contributed by atoms with Crippen LogP contribution in [0, 0.1) is 6.92 Å². The molecule has 1 saturated heterocycles. The lowest BCUT2D eigenvalue weighted by Crippen LogP contribution is -2.35. The lowest BCUT2D eigenvalue weighted by atomic mass is 10.0. The number of morpholine rings is 1. The molecular formula is C18H19N3OS. The summed E-state index contributed by atoms with van der Waals surface area (Å²) >= 11 is 1.60. The van der Waals surface area contributed by atoms with Crippen molar-refractivity contribution in [2.45, 2.75) is 13.5 Å². The summed E-state index contributed by atoms with van der Waals surface area (Å²) in [7, 11) is 0. The van der Waals surface area contributed by atoms with Gasteiger partial charge in [0, 0.05) is 30.4 Å². The standard InChI is InChI=1S/C18H19N3OS/c1-13-8-17(18-11-23-12-19-18)20-16-3-2-14(9-15(13)16)10-21-4-6-22-7-5-21/h2-3,8-9,11-12H,4-7,10H2,1H3. The molecule has 0 atom stereocenters. The summed E-state index contributed by atoms with van der Waals surface area (Å²) < 4.78 is 5.42. The third-order valence-electron chi connectivity index (χ3n) is 4.28. The molecule has 23 heavy (non-hydrogen) atoms. The van der Waals surface area contributed by atoms with Gasteiger partial charge >= 0.3 is 0 Å². The van der Waals surface area contributed by atoms with Crippen LogP contribution < -0.4 is 0 Å². The monoisotopic (exact) mass is 325 g/mol. The molecule has 0 N–H and O–H groups in total. The zero-order chi connectivity index (χ0) is 15.6. The maximum atomic E-state index is 5.42. The second kappa shape index (κ2) is 6.35. The first-order chi connectivity index (χ1) is 11.3. The number of aromatic nitrogens is 2. The van der Waals surface area contributed by atoms with Crippen molar-refractivity contribution in [3.63, 3.8) is 0 Å². The minimum atomic E-state index is 0.838. The Labute approximate surface area is 139 Å². The van der Waals surface area contributed by atoms with Gasteiger partial charge in [-0.3, -0.25) is 4.90 Å². The van der Waals surface area contributed by atoms with E-state index in [-0.39, 0.29) is 0 Å². The Morgan fingerprint density at radius 1 is 1.17 bits per heavy atom. The second-order valence-electron chi connectivity index (χ2n) is 5.94. The first kappa shape index (κ1) is 14.8. The molecule has 0 amide bonds. The fourth-order valence-corrected chi connectivity index (χ4v) is 3.57. The predicted molar refractivity (Wildman–Crippen MR) is 93.7 cm³/mol. The van der Waals surface area contributed by atoms with Crippen LogP contribution in [0.2, 0.25) is 0 Å². The van der Waals surface area contributed by atoms with E-state index in [1.54, 1.807) is 11.3 Å². The SMILES string of the molecule is Cc1cc(-c2cscn2)nc2ccc(CN3CCOCC3)cc12. The second-order valence-corrected chi connectivity index (χ2v) is 6.66. The molecule has 2 aromatic heterocycles. The molecule has 1 fully saturated rings. The normalized spacial score (nSPS) is 16.0. The maximum absolute atomic E-state index is 5.42. The molecule has 4 nitrogen and oxygen atoms in total. The molecule has 1 aliphatic heterocycles. The van der Waals surface area contributed by atoms with Crippen molar-refractivity contribution >= 4 is 22.2 Å². The topological polar surface area (TPSA) is 38.2 Å². The van der Waals surface area contributed by atoms with Crippen molar-refractivity contribution in [3.8, 4) is 11.4 Å². The Kier molecular flexibility index (Phi) is 4.08. The largest absolute Gasteiger partial charge is 0.379 e. The highest BCUT2D eigenvalue weighted by atomic mass is 32.1. The predicted octanol–water partition coefficient (Wildman–Crippen LogP) is 3.50. The Morgan fingerprint density at radius 2 is 2.04 bits per heavy atom. The molecule has 0 spiro atoms. The van der Waals surface area contributed by atoms with E-state index in [1.165, 1.54) is 16.5 Å². The highest BCUT2D eigenvalue weighted by Crippen LogP contribution is 2.25. The number of pyridine rings is 1. The summed E-state index contributed by atoms with van der Waals surface area (Å²) in [6, 6.07) is 8.73. The van der Waals surface area contributed by atoms with Crippen LogP contribution in [0.15, 0.2) is 35.2 Å². The highest BCUT2D eigenvalue weighted by molar-refractivity contribution is 7.07. The van der Waals surface area contributed by atoms with Crippen LogP contribution in [0.4, 0.5) is 0 Å². The molecule has 4 rings (SSSR count). The van der Waals surface area contributed by atoms with E-state index in [4.69, 9.17) is 9.72 Å². The van der Waals surface area contributed by atoms with Crippen molar-refractivity contribution in [1.29, 1.82) is 0 Å². The van der Waals surface area contributed by atoms with Gasteiger partial charge in [-0.2, -0.15) is 0 Å². The number of benzene rings is 1. The molecule has 0 radical (unpaired) electrons. The molecule has 5 heteroatoms. The summed E-state index contributed by atoms with van der Waals surface area (Å²) in [5, 5.41) is 3.27. The summed E-state index contributed by atoms with van der Waals surface area (Å²) in [4.78, 5) is 11.6. The summed E-state index contributed by atoms with van der Waals surface area (Å²) in [5.74, 6) is 0. The van der Waals surface area contributed by atoms with E-state index in [0.717, 1.165) is 49.8 Å². The maximum Gasteiger partial charge on any atom is 0.0995 e. The van der Waals surface area contributed by atoms with Crippen LogP contribution in [0.25, 0.3) is 22.3 Å². The van der Waals surface area contributed by atoms with E-state index in [0.29, 0.717) is 0 Å². The molecule has 3 heterocycles. The number of hydrogen-bond donors (Lipinski definition) is 0. The van der Waals surface area contributed by atoms with Gasteiger partial charge in [0.2, 0.25) is 0 Å². The molecule has 0 unspecified atom stereocenters. The van der Waals surface area contributed by atoms with Crippen LogP contribution in [0.1, 0.15) is 11.1 Å². The van der Waals surface area contributed by atoms with Gasteiger partial charge in [-0.25, -0.2) is 9.97 Å². The molecule has 3 aromatic rings. The van der Waals surface area contributed by atoms with Gasteiger partial charge < -0.3 is 4.74 Å². The molecular weight excluding hydrogens is 306 g/mol. The van der Waals surface area contributed by atoms with Crippen LogP contribution in [0.5, 0.6) is 0 Å². The van der Waals surface area contributed by atoms with E-state index in [2.05, 4.69) is 41.1 Å². The van der Waals surface area contributed by atoms with Gasteiger partial charge in [0.25, 0.3) is 0 Å². The number of fused-ring (bicyclic) bond motifs is 1. The van der Waals surface area contributed by atoms with Crippen molar-refractivity contribution in [3.05, 3.63) is 46.3 Å². The lowest BCUT2D eigenvalue weighted by molar-refractivity contribution is 0.0342. The summed E-state index contributed by atoms with van der Waals surface area (Å²) in [5.41, 5.74) is 7.39. The number of thiazole rings is 1. The van der Waals surface area contributed by atoms with E-state index in [9.17, 15) is 0 Å². The average Bonchev–Trinajstić information content (AvgIpc) is 3.11. The van der Waals surface area contributed by atoms with E-state index < -0.39 is 0 Å². The number of hydrogen-bond acceptors (Lipinski definition) is 5. The summed E-state index contributed by atoms with van der Waals surface area (Å²) in [6.07, 6.45) is 0. The Bertz CT molecular complexity index is 810. The van der Waals surface area contributed by atoms with Gasteiger partial charge in [0.05, 0.1) is 35.6 Å². The summed E-state index contributed by atoms with van der Waals surface area (Å²) in [6.45, 7) is 6.83. The number of nitrogens with zero attached hydrogens (tertiary/aromatic N) is 3. The first-order valence-electron chi connectivity index (χ1n) is 7.88. The van der Waals surface area contributed by atoms with Gasteiger partial charge in [0.15, 0.2) is 0 Å². The number of ether oxygens (including phenoxy) is 1. The lowest BCUT2D eigenvalue weighted by Gasteiger charge is -2.26.